The van der Waals surface area contributed by atoms with Gasteiger partial charge >= 0.3 is 0 Å². The molecular formula is C30H30O8. The van der Waals surface area contributed by atoms with Crippen molar-refractivity contribution in [1.29, 1.82) is 0 Å². The molecule has 0 saturated heterocycles. The molecule has 6 N–H and O–H groups in total. The summed E-state index contributed by atoms with van der Waals surface area (Å²) in [6.45, 7) is 10.8. The van der Waals surface area contributed by atoms with Crippen molar-refractivity contribution in [3.05, 3.63) is 45.5 Å². The summed E-state index contributed by atoms with van der Waals surface area (Å²) in [5, 5.41) is 66.0. The number of hydrogen-bond acceptors (Lipinski definition) is 8. The zero-order valence-electron chi connectivity index (χ0n) is 22.0. The molecule has 4 aromatic carbocycles. The number of hydrogen-bond donors (Lipinski definition) is 6. The number of fused-ring (bicyclic) bond motifs is 2. The van der Waals surface area contributed by atoms with Crippen LogP contribution in [0.4, 0.5) is 0 Å². The lowest BCUT2D eigenvalue weighted by Gasteiger charge is -2.24. The number of phenolic OH excluding ortho intramolecular Hbond substituents is 6. The average molecular weight is 519 g/mol. The highest BCUT2D eigenvalue weighted by Gasteiger charge is 2.30. The van der Waals surface area contributed by atoms with Gasteiger partial charge in [-0.15, -0.1) is 0 Å². The Hall–Kier alpha value is -4.46. The Labute approximate surface area is 219 Å². The first-order valence-electron chi connectivity index (χ1n) is 12.2. The van der Waals surface area contributed by atoms with E-state index in [1.807, 2.05) is 13.8 Å². The van der Waals surface area contributed by atoms with Gasteiger partial charge in [-0.1, -0.05) is 33.8 Å². The van der Waals surface area contributed by atoms with E-state index in [2.05, 4.69) is 0 Å². The third-order valence-corrected chi connectivity index (χ3v) is 7.29. The third-order valence-electron chi connectivity index (χ3n) is 7.29. The molecule has 0 atom stereocenters. The van der Waals surface area contributed by atoms with E-state index in [4.69, 9.17) is 0 Å². The van der Waals surface area contributed by atoms with Crippen molar-refractivity contribution in [2.24, 2.45) is 0 Å². The van der Waals surface area contributed by atoms with E-state index in [-0.39, 0.29) is 44.9 Å². The molecule has 0 spiro atoms. The van der Waals surface area contributed by atoms with Gasteiger partial charge in [0.2, 0.25) is 0 Å². The van der Waals surface area contributed by atoms with Crippen LogP contribution in [-0.2, 0) is 0 Å². The van der Waals surface area contributed by atoms with Gasteiger partial charge in [-0.25, -0.2) is 0 Å². The maximum absolute atomic E-state index is 12.0. The van der Waals surface area contributed by atoms with Gasteiger partial charge in [-0.05, 0) is 59.2 Å². The molecule has 4 rings (SSSR count). The molecule has 8 nitrogen and oxygen atoms in total. The average Bonchev–Trinajstić information content (AvgIpc) is 2.83. The number of aldehydes is 2. The smallest absolute Gasteiger partial charge is 0.169 e. The highest BCUT2D eigenvalue weighted by Crippen LogP contribution is 2.54. The van der Waals surface area contributed by atoms with E-state index in [1.165, 1.54) is 6.07 Å². The van der Waals surface area contributed by atoms with Crippen LogP contribution in [0.3, 0.4) is 0 Å². The lowest BCUT2D eigenvalue weighted by Crippen LogP contribution is -2.03. The molecule has 38 heavy (non-hydrogen) atoms. The van der Waals surface area contributed by atoms with Crippen molar-refractivity contribution in [1.82, 2.24) is 0 Å². The second-order valence-electron chi connectivity index (χ2n) is 10.3. The molecule has 0 aliphatic carbocycles. The standard InChI is InChI=1S/C30H30O8/c1-11(2)20-14(6)23(29(37)25-16(20)8-19(33)26(34)17(25)9-31)22-13(5)7-15-21(12(3)4)30(38)27(35)18(10-32)24(15)28(22)36/h7-12,33-38H,1-6H3. The van der Waals surface area contributed by atoms with Gasteiger partial charge in [-0.3, -0.25) is 9.59 Å². The zero-order chi connectivity index (χ0) is 28.4. The number of carbonyl (C=O) groups excluding carboxylic acids is 2. The van der Waals surface area contributed by atoms with E-state index in [9.17, 15) is 40.2 Å². The van der Waals surface area contributed by atoms with E-state index in [0.717, 1.165) is 0 Å². The van der Waals surface area contributed by atoms with E-state index < -0.39 is 34.5 Å². The lowest BCUT2D eigenvalue weighted by atomic mass is 9.81. The predicted molar refractivity (Wildman–Crippen MR) is 145 cm³/mol. The maximum atomic E-state index is 12.0. The Morgan fingerprint density at radius 1 is 0.605 bits per heavy atom. The van der Waals surface area contributed by atoms with Gasteiger partial charge in [0.05, 0.1) is 11.1 Å². The molecule has 4 aromatic rings. The highest BCUT2D eigenvalue weighted by molar-refractivity contribution is 6.14. The molecule has 198 valence electrons. The van der Waals surface area contributed by atoms with Crippen molar-refractivity contribution in [3.63, 3.8) is 0 Å². The Bertz CT molecular complexity index is 1680. The Morgan fingerprint density at radius 2 is 1.08 bits per heavy atom. The van der Waals surface area contributed by atoms with Crippen LogP contribution in [0.5, 0.6) is 34.5 Å². The van der Waals surface area contributed by atoms with Crippen molar-refractivity contribution in [3.8, 4) is 45.6 Å². The lowest BCUT2D eigenvalue weighted by molar-refractivity contribution is 0.111. The largest absolute Gasteiger partial charge is 0.507 e. The van der Waals surface area contributed by atoms with E-state index >= 15 is 0 Å². The zero-order valence-corrected chi connectivity index (χ0v) is 22.0. The molecule has 0 heterocycles. The molecular weight excluding hydrogens is 488 g/mol. The van der Waals surface area contributed by atoms with Crippen LogP contribution >= 0.6 is 0 Å². The number of aryl methyl sites for hydroxylation is 1. The number of carbonyl (C=O) groups is 2. The minimum atomic E-state index is -0.683. The van der Waals surface area contributed by atoms with E-state index in [1.54, 1.807) is 33.8 Å². The predicted octanol–water partition coefficient (Wildman–Crippen LogP) is 6.38. The Morgan fingerprint density at radius 3 is 1.58 bits per heavy atom. The molecule has 0 aromatic heterocycles. The monoisotopic (exact) mass is 518 g/mol. The second kappa shape index (κ2) is 9.13. The Balaban J connectivity index is 2.33. The molecule has 0 radical (unpaired) electrons. The number of rotatable bonds is 5. The van der Waals surface area contributed by atoms with Crippen molar-refractivity contribution < 1.29 is 40.2 Å². The summed E-state index contributed by atoms with van der Waals surface area (Å²) < 4.78 is 0. The minimum absolute atomic E-state index is 0.00512. The van der Waals surface area contributed by atoms with Crippen molar-refractivity contribution in [2.75, 3.05) is 0 Å². The fraction of sp³-hybridized carbons (Fsp3) is 0.267. The molecule has 8 heteroatoms. The normalized spacial score (nSPS) is 11.7. The molecule has 0 amide bonds. The number of benzene rings is 4. The van der Waals surface area contributed by atoms with Gasteiger partial charge in [0.25, 0.3) is 0 Å². The fourth-order valence-corrected chi connectivity index (χ4v) is 5.75. The highest BCUT2D eigenvalue weighted by atomic mass is 16.3. The molecule has 0 fully saturated rings. The molecule has 0 unspecified atom stereocenters. The van der Waals surface area contributed by atoms with Crippen LogP contribution in [0.1, 0.15) is 82.5 Å². The SMILES string of the molecule is Cc1cc2c(C(C)C)c(O)c(O)c(C=O)c2c(O)c1-c1c(C)c(C(C)C)c2cc(O)c(O)c(C=O)c2c1O. The van der Waals surface area contributed by atoms with Gasteiger partial charge in [0.1, 0.15) is 11.5 Å². The van der Waals surface area contributed by atoms with Gasteiger partial charge in [-0.2, -0.15) is 0 Å². The summed E-state index contributed by atoms with van der Waals surface area (Å²) in [7, 11) is 0. The summed E-state index contributed by atoms with van der Waals surface area (Å²) in [4.78, 5) is 24.0. The topological polar surface area (TPSA) is 156 Å². The quantitative estimate of drug-likeness (QED) is 0.131. The number of phenols is 6. The molecule has 0 bridgehead atoms. The van der Waals surface area contributed by atoms with Crippen LogP contribution in [-0.4, -0.2) is 43.2 Å². The first-order valence-corrected chi connectivity index (χ1v) is 12.2. The summed E-state index contributed by atoms with van der Waals surface area (Å²) in [5.74, 6) is -3.54. The van der Waals surface area contributed by atoms with Crippen LogP contribution in [0.15, 0.2) is 12.1 Å². The molecule has 0 aliphatic heterocycles. The van der Waals surface area contributed by atoms with Crippen LogP contribution in [0, 0.1) is 13.8 Å². The summed E-state index contributed by atoms with van der Waals surface area (Å²) in [6.07, 6.45) is 0.686. The molecule has 0 aliphatic rings. The Kier molecular flexibility index (Phi) is 6.39. The van der Waals surface area contributed by atoms with E-state index in [0.29, 0.717) is 45.6 Å². The van der Waals surface area contributed by atoms with Gasteiger partial charge < -0.3 is 30.6 Å². The van der Waals surface area contributed by atoms with Crippen LogP contribution in [0.2, 0.25) is 0 Å². The fourth-order valence-electron chi connectivity index (χ4n) is 5.75. The van der Waals surface area contributed by atoms with Crippen LogP contribution < -0.4 is 0 Å². The summed E-state index contributed by atoms with van der Waals surface area (Å²) in [6, 6.07) is 2.95. The number of aromatic hydroxyl groups is 6. The summed E-state index contributed by atoms with van der Waals surface area (Å²) >= 11 is 0. The van der Waals surface area contributed by atoms with Crippen molar-refractivity contribution >= 4 is 34.1 Å². The maximum Gasteiger partial charge on any atom is 0.169 e. The van der Waals surface area contributed by atoms with Gasteiger partial charge in [0.15, 0.2) is 35.6 Å². The van der Waals surface area contributed by atoms with Crippen molar-refractivity contribution in [2.45, 2.75) is 53.4 Å². The van der Waals surface area contributed by atoms with Gasteiger partial charge in [0, 0.05) is 27.5 Å². The van der Waals surface area contributed by atoms with Crippen LogP contribution in [0.25, 0.3) is 32.7 Å². The first kappa shape index (κ1) is 26.6. The summed E-state index contributed by atoms with van der Waals surface area (Å²) in [5.41, 5.74) is 1.75. The molecule has 0 saturated carbocycles. The minimum Gasteiger partial charge on any atom is -0.507 e. The first-order chi connectivity index (χ1) is 17.8. The third kappa shape index (κ3) is 3.51. The second-order valence-corrected chi connectivity index (χ2v) is 10.3.